The van der Waals surface area contributed by atoms with Crippen molar-refractivity contribution >= 4 is 30.4 Å². The van der Waals surface area contributed by atoms with Crippen LogP contribution >= 0.6 is 12.6 Å². The van der Waals surface area contributed by atoms with E-state index in [4.69, 9.17) is 0 Å². The van der Waals surface area contributed by atoms with Gasteiger partial charge in [-0.1, -0.05) is 0 Å². The summed E-state index contributed by atoms with van der Waals surface area (Å²) in [6, 6.07) is -0.593. The molecule has 0 saturated carbocycles. The molecule has 1 fully saturated rings. The first-order valence-corrected chi connectivity index (χ1v) is 7.01. The van der Waals surface area contributed by atoms with E-state index in [9.17, 15) is 14.4 Å². The maximum Gasteiger partial charge on any atom is 0.246 e. The third-order valence-electron chi connectivity index (χ3n) is 3.11. The van der Waals surface area contributed by atoms with Crippen LogP contribution in [-0.2, 0) is 14.4 Å². The van der Waals surface area contributed by atoms with E-state index >= 15 is 0 Å². The number of thiol groups is 1. The molecule has 0 radical (unpaired) electrons. The SMILES string of the molecule is CC(=O)NC(CS)C(=O)N1CCCN(C(C)=O)CC1. The van der Waals surface area contributed by atoms with E-state index < -0.39 is 6.04 Å². The van der Waals surface area contributed by atoms with E-state index in [-0.39, 0.29) is 23.5 Å². The van der Waals surface area contributed by atoms with Crippen LogP contribution in [0.4, 0.5) is 0 Å². The number of nitrogens with zero attached hydrogens (tertiary/aromatic N) is 2. The Morgan fingerprint density at radius 3 is 2.21 bits per heavy atom. The molecule has 1 unspecified atom stereocenters. The van der Waals surface area contributed by atoms with Gasteiger partial charge in [0.1, 0.15) is 6.04 Å². The van der Waals surface area contributed by atoms with Crippen molar-refractivity contribution in [1.82, 2.24) is 15.1 Å². The van der Waals surface area contributed by atoms with Crippen LogP contribution in [0.25, 0.3) is 0 Å². The summed E-state index contributed by atoms with van der Waals surface area (Å²) in [6.07, 6.45) is 0.755. The molecule has 1 heterocycles. The second-order valence-corrected chi connectivity index (χ2v) is 4.99. The molecular formula is C12H21N3O3S. The van der Waals surface area contributed by atoms with Crippen LogP contribution < -0.4 is 5.32 Å². The van der Waals surface area contributed by atoms with E-state index in [0.717, 1.165) is 6.42 Å². The maximum atomic E-state index is 12.3. The van der Waals surface area contributed by atoms with Crippen molar-refractivity contribution in [3.63, 3.8) is 0 Å². The highest BCUT2D eigenvalue weighted by molar-refractivity contribution is 7.80. The van der Waals surface area contributed by atoms with E-state index in [0.29, 0.717) is 26.2 Å². The van der Waals surface area contributed by atoms with Crippen molar-refractivity contribution in [3.8, 4) is 0 Å². The van der Waals surface area contributed by atoms with Crippen LogP contribution in [0.1, 0.15) is 20.3 Å². The third kappa shape index (κ3) is 4.74. The Balaban J connectivity index is 2.61. The van der Waals surface area contributed by atoms with Crippen molar-refractivity contribution in [3.05, 3.63) is 0 Å². The van der Waals surface area contributed by atoms with Gasteiger partial charge in [-0.15, -0.1) is 0 Å². The Hall–Kier alpha value is -1.24. The summed E-state index contributed by atoms with van der Waals surface area (Å²) in [7, 11) is 0. The number of rotatable bonds is 3. The fourth-order valence-corrected chi connectivity index (χ4v) is 2.35. The first kappa shape index (κ1) is 15.8. The highest BCUT2D eigenvalue weighted by atomic mass is 32.1. The molecule has 7 heteroatoms. The lowest BCUT2D eigenvalue weighted by Crippen LogP contribution is -2.50. The number of hydrogen-bond acceptors (Lipinski definition) is 4. The largest absolute Gasteiger partial charge is 0.344 e. The molecule has 1 N–H and O–H groups in total. The first-order chi connectivity index (χ1) is 8.95. The molecule has 1 aliphatic heterocycles. The van der Waals surface area contributed by atoms with Crippen LogP contribution in [0.15, 0.2) is 0 Å². The maximum absolute atomic E-state index is 12.3. The Kier molecular flexibility index (Phi) is 6.14. The molecule has 0 spiro atoms. The van der Waals surface area contributed by atoms with Crippen LogP contribution in [0.3, 0.4) is 0 Å². The quantitative estimate of drug-likeness (QED) is 0.688. The topological polar surface area (TPSA) is 69.7 Å². The van der Waals surface area contributed by atoms with Gasteiger partial charge in [0, 0.05) is 45.8 Å². The monoisotopic (exact) mass is 287 g/mol. The zero-order chi connectivity index (χ0) is 14.4. The summed E-state index contributed by atoms with van der Waals surface area (Å²) < 4.78 is 0. The minimum absolute atomic E-state index is 0.0295. The van der Waals surface area contributed by atoms with Crippen LogP contribution in [-0.4, -0.2) is 65.5 Å². The van der Waals surface area contributed by atoms with Crippen molar-refractivity contribution in [1.29, 1.82) is 0 Å². The van der Waals surface area contributed by atoms with Gasteiger partial charge in [0.2, 0.25) is 17.7 Å². The number of carbonyl (C=O) groups is 3. The highest BCUT2D eigenvalue weighted by Gasteiger charge is 2.26. The zero-order valence-corrected chi connectivity index (χ0v) is 12.3. The second kappa shape index (κ2) is 7.37. The van der Waals surface area contributed by atoms with Gasteiger partial charge in [-0.05, 0) is 6.42 Å². The molecule has 3 amide bonds. The summed E-state index contributed by atoms with van der Waals surface area (Å²) >= 11 is 4.10. The van der Waals surface area contributed by atoms with E-state index in [1.807, 2.05) is 0 Å². The molecule has 108 valence electrons. The predicted octanol–water partition coefficient (Wildman–Crippen LogP) is -0.498. The molecule has 0 aromatic carbocycles. The fraction of sp³-hybridized carbons (Fsp3) is 0.750. The highest BCUT2D eigenvalue weighted by Crippen LogP contribution is 2.06. The van der Waals surface area contributed by atoms with Gasteiger partial charge in [0.05, 0.1) is 0 Å². The Morgan fingerprint density at radius 1 is 1.11 bits per heavy atom. The van der Waals surface area contributed by atoms with Crippen LogP contribution in [0.5, 0.6) is 0 Å². The molecule has 19 heavy (non-hydrogen) atoms. The molecule has 6 nitrogen and oxygen atoms in total. The van der Waals surface area contributed by atoms with Crippen molar-refractivity contribution in [2.24, 2.45) is 0 Å². The van der Waals surface area contributed by atoms with Gasteiger partial charge < -0.3 is 15.1 Å². The van der Waals surface area contributed by atoms with E-state index in [1.54, 1.807) is 9.80 Å². The van der Waals surface area contributed by atoms with Gasteiger partial charge in [-0.25, -0.2) is 0 Å². The number of carbonyl (C=O) groups excluding carboxylic acids is 3. The second-order valence-electron chi connectivity index (χ2n) is 4.62. The summed E-state index contributed by atoms with van der Waals surface area (Å²) in [5.41, 5.74) is 0. The average Bonchev–Trinajstić information content (AvgIpc) is 2.60. The lowest BCUT2D eigenvalue weighted by Gasteiger charge is -2.25. The molecule has 1 rings (SSSR count). The van der Waals surface area contributed by atoms with Gasteiger partial charge in [0.15, 0.2) is 0 Å². The molecular weight excluding hydrogens is 266 g/mol. The number of hydrogen-bond donors (Lipinski definition) is 2. The van der Waals surface area contributed by atoms with Crippen LogP contribution in [0.2, 0.25) is 0 Å². The molecule has 1 atom stereocenters. The van der Waals surface area contributed by atoms with Crippen LogP contribution in [0, 0.1) is 0 Å². The van der Waals surface area contributed by atoms with Crippen molar-refractivity contribution in [2.45, 2.75) is 26.3 Å². The number of amides is 3. The minimum Gasteiger partial charge on any atom is -0.344 e. The van der Waals surface area contributed by atoms with E-state index in [2.05, 4.69) is 17.9 Å². The summed E-state index contributed by atoms with van der Waals surface area (Å²) in [5.74, 6) is -0.0733. The lowest BCUT2D eigenvalue weighted by atomic mass is 10.2. The van der Waals surface area contributed by atoms with Crippen molar-refractivity contribution < 1.29 is 14.4 Å². The molecule has 0 aliphatic carbocycles. The molecule has 0 aromatic heterocycles. The standard InChI is InChI=1S/C12H21N3O3S/c1-9(16)13-11(8-19)12(18)15-5-3-4-14(6-7-15)10(2)17/h11,19H,3-8H2,1-2H3,(H,13,16). The van der Waals surface area contributed by atoms with E-state index in [1.165, 1.54) is 13.8 Å². The van der Waals surface area contributed by atoms with Gasteiger partial charge in [0.25, 0.3) is 0 Å². The average molecular weight is 287 g/mol. The fourth-order valence-electron chi connectivity index (χ4n) is 2.10. The van der Waals surface area contributed by atoms with Crippen molar-refractivity contribution in [2.75, 3.05) is 31.9 Å². The third-order valence-corrected chi connectivity index (χ3v) is 3.48. The lowest BCUT2D eigenvalue weighted by molar-refractivity contribution is -0.135. The minimum atomic E-state index is -0.593. The summed E-state index contributed by atoms with van der Waals surface area (Å²) in [5, 5.41) is 2.59. The Morgan fingerprint density at radius 2 is 1.68 bits per heavy atom. The van der Waals surface area contributed by atoms with Gasteiger partial charge >= 0.3 is 0 Å². The normalized spacial score (nSPS) is 17.6. The zero-order valence-electron chi connectivity index (χ0n) is 11.4. The Labute approximate surface area is 118 Å². The predicted molar refractivity (Wildman–Crippen MR) is 74.9 cm³/mol. The molecule has 1 aliphatic rings. The number of nitrogens with one attached hydrogen (secondary N) is 1. The molecule has 0 bridgehead atoms. The molecule has 0 aromatic rings. The first-order valence-electron chi connectivity index (χ1n) is 6.38. The Bertz CT molecular complexity index is 362. The molecule has 1 saturated heterocycles. The van der Waals surface area contributed by atoms with Gasteiger partial charge in [-0.2, -0.15) is 12.6 Å². The summed E-state index contributed by atoms with van der Waals surface area (Å²) in [6.45, 7) is 5.23. The smallest absolute Gasteiger partial charge is 0.246 e. The summed E-state index contributed by atoms with van der Waals surface area (Å²) in [4.78, 5) is 38.0. The van der Waals surface area contributed by atoms with Gasteiger partial charge in [-0.3, -0.25) is 14.4 Å².